The largest absolute Gasteiger partial charge is 0.444 e. The molecule has 7 nitrogen and oxygen atoms in total. The topological polar surface area (TPSA) is 79.4 Å². The highest BCUT2D eigenvalue weighted by molar-refractivity contribution is 6.28. The Morgan fingerprint density at radius 1 is 1.31 bits per heavy atom. The highest BCUT2D eigenvalue weighted by atomic mass is 35.5. The first kappa shape index (κ1) is 24.0. The first-order chi connectivity index (χ1) is 15.1. The van der Waals surface area contributed by atoms with Crippen molar-refractivity contribution in [1.29, 1.82) is 0 Å². The van der Waals surface area contributed by atoms with Crippen LogP contribution in [0, 0.1) is 12.7 Å². The lowest BCUT2D eigenvalue weighted by Gasteiger charge is -2.26. The summed E-state index contributed by atoms with van der Waals surface area (Å²) in [4.78, 5) is 22.6. The first-order valence-corrected chi connectivity index (χ1v) is 11.2. The van der Waals surface area contributed by atoms with Gasteiger partial charge in [0.05, 0.1) is 5.69 Å². The number of carbonyl (C=O) groups is 1. The van der Waals surface area contributed by atoms with E-state index in [2.05, 4.69) is 20.6 Å². The van der Waals surface area contributed by atoms with Crippen molar-refractivity contribution in [3.8, 4) is 0 Å². The van der Waals surface area contributed by atoms with Gasteiger partial charge < -0.3 is 20.3 Å². The number of aromatic nitrogens is 2. The van der Waals surface area contributed by atoms with Gasteiger partial charge in [-0.3, -0.25) is 0 Å². The predicted octanol–water partition coefficient (Wildman–Crippen LogP) is 5.39. The van der Waals surface area contributed by atoms with Crippen LogP contribution in [0.4, 0.5) is 20.7 Å². The minimum Gasteiger partial charge on any atom is -0.444 e. The van der Waals surface area contributed by atoms with Crippen molar-refractivity contribution in [2.45, 2.75) is 65.1 Å². The fourth-order valence-corrected chi connectivity index (χ4v) is 3.76. The van der Waals surface area contributed by atoms with E-state index in [0.29, 0.717) is 31.1 Å². The predicted molar refractivity (Wildman–Crippen MR) is 125 cm³/mol. The molecule has 32 heavy (non-hydrogen) atoms. The summed E-state index contributed by atoms with van der Waals surface area (Å²) in [5.74, 6) is 0.308. The molecule has 0 aliphatic carbocycles. The summed E-state index contributed by atoms with van der Waals surface area (Å²) in [6.45, 7) is 9.04. The number of likely N-dealkylation sites (tertiary alicyclic amines) is 1. The molecule has 9 heteroatoms. The molecular weight excluding hydrogens is 433 g/mol. The number of ether oxygens (including phenoxy) is 1. The number of carbonyl (C=O) groups excluding carboxylic acids is 1. The number of hydrogen-bond acceptors (Lipinski definition) is 6. The maximum absolute atomic E-state index is 14.2. The number of amides is 1. The fraction of sp³-hybridized carbons (Fsp3) is 0.522. The van der Waals surface area contributed by atoms with E-state index in [9.17, 15) is 9.18 Å². The number of nitrogens with zero attached hydrogens (tertiary/aromatic N) is 3. The van der Waals surface area contributed by atoms with Gasteiger partial charge >= 0.3 is 6.09 Å². The van der Waals surface area contributed by atoms with Crippen LogP contribution in [0.25, 0.3) is 0 Å². The highest BCUT2D eigenvalue weighted by Gasteiger charge is 2.25. The Morgan fingerprint density at radius 3 is 2.81 bits per heavy atom. The summed E-state index contributed by atoms with van der Waals surface area (Å²) in [7, 11) is 0. The average molecular weight is 464 g/mol. The van der Waals surface area contributed by atoms with Gasteiger partial charge in [-0.15, -0.1) is 0 Å². The van der Waals surface area contributed by atoms with E-state index in [4.69, 9.17) is 16.3 Å². The summed E-state index contributed by atoms with van der Waals surface area (Å²) in [6.07, 6.45) is 3.83. The van der Waals surface area contributed by atoms with E-state index in [1.807, 2.05) is 33.8 Å². The number of halogens is 2. The summed E-state index contributed by atoms with van der Waals surface area (Å²) < 4.78 is 19.7. The molecule has 3 rings (SSSR count). The molecule has 2 aromatic rings. The zero-order valence-electron chi connectivity index (χ0n) is 19.0. The maximum Gasteiger partial charge on any atom is 0.410 e. The normalized spacial score (nSPS) is 16.9. The van der Waals surface area contributed by atoms with E-state index in [0.717, 1.165) is 30.4 Å². The Morgan fingerprint density at radius 2 is 2.09 bits per heavy atom. The lowest BCUT2D eigenvalue weighted by atomic mass is 10.1. The molecule has 2 N–H and O–H groups in total. The molecule has 1 amide bonds. The minimum atomic E-state index is -0.517. The zero-order valence-corrected chi connectivity index (χ0v) is 19.8. The van der Waals surface area contributed by atoms with Gasteiger partial charge in [0.15, 0.2) is 0 Å². The van der Waals surface area contributed by atoms with Crippen molar-refractivity contribution in [2.24, 2.45) is 0 Å². The number of benzene rings is 1. The van der Waals surface area contributed by atoms with E-state index < -0.39 is 5.60 Å². The van der Waals surface area contributed by atoms with Crippen LogP contribution in [0.1, 0.15) is 51.2 Å². The Hall–Kier alpha value is -2.61. The first-order valence-electron chi connectivity index (χ1n) is 10.9. The van der Waals surface area contributed by atoms with Crippen molar-refractivity contribution in [2.75, 3.05) is 23.7 Å². The number of aryl methyl sites for hydroxylation is 1. The van der Waals surface area contributed by atoms with Crippen LogP contribution < -0.4 is 10.6 Å². The standard InChI is InChI=1S/C23H31ClFN5O2/c1-15-7-5-9-18(25)19(15)26-13-16-14-27-21(24)29-20(16)28-17-8-6-11-30(12-10-17)22(31)32-23(2,3)4/h5,7,9,14,17,26H,6,8,10-13H2,1-4H3,(H,27,28,29)/t17-/m0/s1. The van der Waals surface area contributed by atoms with Crippen LogP contribution in [-0.4, -0.2) is 45.7 Å². The van der Waals surface area contributed by atoms with E-state index in [1.54, 1.807) is 17.2 Å². The zero-order chi connectivity index (χ0) is 23.3. The molecule has 1 aromatic carbocycles. The summed E-state index contributed by atoms with van der Waals surface area (Å²) in [5.41, 5.74) is 1.54. The smallest absolute Gasteiger partial charge is 0.410 e. The molecule has 0 spiro atoms. The van der Waals surface area contributed by atoms with Crippen LogP contribution in [0.2, 0.25) is 5.28 Å². The van der Waals surface area contributed by atoms with Crippen LogP contribution in [0.3, 0.4) is 0 Å². The highest BCUT2D eigenvalue weighted by Crippen LogP contribution is 2.24. The molecule has 0 saturated carbocycles. The Kier molecular flexibility index (Phi) is 7.77. The van der Waals surface area contributed by atoms with Crippen molar-refractivity contribution in [1.82, 2.24) is 14.9 Å². The third-order valence-electron chi connectivity index (χ3n) is 5.23. The number of para-hydroxylation sites is 1. The Balaban J connectivity index is 1.66. The van der Waals surface area contributed by atoms with Gasteiger partial charge in [-0.05, 0) is 70.2 Å². The minimum absolute atomic E-state index is 0.113. The van der Waals surface area contributed by atoms with Crippen molar-refractivity contribution < 1.29 is 13.9 Å². The number of rotatable bonds is 5. The molecule has 2 heterocycles. The maximum atomic E-state index is 14.2. The summed E-state index contributed by atoms with van der Waals surface area (Å²) in [6, 6.07) is 5.07. The van der Waals surface area contributed by atoms with E-state index in [1.165, 1.54) is 6.07 Å². The second-order valence-electron chi connectivity index (χ2n) is 9.04. The van der Waals surface area contributed by atoms with E-state index >= 15 is 0 Å². The second kappa shape index (κ2) is 10.3. The number of hydrogen-bond donors (Lipinski definition) is 2. The van der Waals surface area contributed by atoms with Crippen molar-refractivity contribution in [3.05, 3.63) is 46.6 Å². The fourth-order valence-electron chi connectivity index (χ4n) is 3.62. The lowest BCUT2D eigenvalue weighted by Crippen LogP contribution is -2.37. The third-order valence-corrected chi connectivity index (χ3v) is 5.42. The van der Waals surface area contributed by atoms with Crippen LogP contribution in [0.5, 0.6) is 0 Å². The van der Waals surface area contributed by atoms with E-state index in [-0.39, 0.29) is 23.2 Å². The van der Waals surface area contributed by atoms with Crippen LogP contribution in [0.15, 0.2) is 24.4 Å². The molecule has 1 aliphatic rings. The van der Waals surface area contributed by atoms with Crippen LogP contribution in [-0.2, 0) is 11.3 Å². The van der Waals surface area contributed by atoms with Gasteiger partial charge in [-0.1, -0.05) is 12.1 Å². The Labute approximate surface area is 193 Å². The van der Waals surface area contributed by atoms with Crippen LogP contribution >= 0.6 is 11.6 Å². The molecule has 0 bridgehead atoms. The summed E-state index contributed by atoms with van der Waals surface area (Å²) in [5, 5.41) is 6.74. The second-order valence-corrected chi connectivity index (χ2v) is 9.38. The number of anilines is 2. The van der Waals surface area contributed by atoms with Gasteiger partial charge in [0.1, 0.15) is 17.2 Å². The molecule has 1 atom stereocenters. The molecule has 0 unspecified atom stereocenters. The third kappa shape index (κ3) is 6.69. The number of nitrogens with one attached hydrogen (secondary N) is 2. The van der Waals surface area contributed by atoms with Gasteiger partial charge in [0.2, 0.25) is 5.28 Å². The molecule has 1 aliphatic heterocycles. The molecule has 174 valence electrons. The van der Waals surface area contributed by atoms with Gasteiger partial charge in [0, 0.05) is 37.4 Å². The molecule has 1 saturated heterocycles. The lowest BCUT2D eigenvalue weighted by molar-refractivity contribution is 0.0256. The average Bonchev–Trinajstić information content (AvgIpc) is 2.93. The summed E-state index contributed by atoms with van der Waals surface area (Å²) >= 11 is 6.05. The molecule has 0 radical (unpaired) electrons. The van der Waals surface area contributed by atoms with Gasteiger partial charge in [0.25, 0.3) is 0 Å². The quantitative estimate of drug-likeness (QED) is 0.578. The SMILES string of the molecule is Cc1cccc(F)c1NCc1cnc(Cl)nc1N[C@H]1CCCN(C(=O)OC(C)(C)C)CC1. The van der Waals surface area contributed by atoms with Gasteiger partial charge in [-0.2, -0.15) is 0 Å². The molecule has 1 aromatic heterocycles. The van der Waals surface area contributed by atoms with Crippen molar-refractivity contribution in [3.63, 3.8) is 0 Å². The molecule has 1 fully saturated rings. The Bertz CT molecular complexity index is 930. The van der Waals surface area contributed by atoms with Crippen molar-refractivity contribution >= 4 is 29.2 Å². The molecular formula is C23H31ClFN5O2. The monoisotopic (exact) mass is 463 g/mol. The van der Waals surface area contributed by atoms with Gasteiger partial charge in [-0.25, -0.2) is 19.2 Å².